The predicted octanol–water partition coefficient (Wildman–Crippen LogP) is 8.98. The highest BCUT2D eigenvalue weighted by atomic mass is 32.2. The molecule has 0 amide bonds. The van der Waals surface area contributed by atoms with Gasteiger partial charge >= 0.3 is 5.97 Å². The lowest BCUT2D eigenvalue weighted by atomic mass is 9.81. The van der Waals surface area contributed by atoms with Gasteiger partial charge in [0.1, 0.15) is 5.82 Å². The number of thioether (sulfide) groups is 1. The van der Waals surface area contributed by atoms with Gasteiger partial charge in [0.2, 0.25) is 0 Å². The van der Waals surface area contributed by atoms with Crippen molar-refractivity contribution in [1.29, 1.82) is 0 Å². The van der Waals surface area contributed by atoms with Crippen molar-refractivity contribution in [1.82, 2.24) is 4.98 Å². The Labute approximate surface area is 261 Å². The monoisotopic (exact) mass is 606 g/mol. The third kappa shape index (κ3) is 8.60. The van der Waals surface area contributed by atoms with Gasteiger partial charge in [0.25, 0.3) is 0 Å². The molecule has 0 radical (unpaired) electrons. The van der Waals surface area contributed by atoms with E-state index in [0.29, 0.717) is 0 Å². The van der Waals surface area contributed by atoms with Crippen LogP contribution in [-0.2, 0) is 25.8 Å². The summed E-state index contributed by atoms with van der Waals surface area (Å²) in [6.45, 7) is 18.5. The summed E-state index contributed by atoms with van der Waals surface area (Å²) in [7, 11) is 0. The summed E-state index contributed by atoms with van der Waals surface area (Å²) in [4.78, 5) is 20.9. The highest BCUT2D eigenvalue weighted by Gasteiger charge is 2.37. The largest absolute Gasteiger partial charge is 0.464 e. The first-order valence-electron chi connectivity index (χ1n) is 15.3. The van der Waals surface area contributed by atoms with Crippen LogP contribution in [0.5, 0.6) is 0 Å². The molecule has 1 fully saturated rings. The molecule has 43 heavy (non-hydrogen) atoms. The number of hydrogen-bond donors (Lipinski definition) is 0. The second-order valence-electron chi connectivity index (χ2n) is 13.2. The van der Waals surface area contributed by atoms with Gasteiger partial charge in [-0.15, -0.1) is 0 Å². The number of ether oxygens (including phenoxy) is 2. The highest BCUT2D eigenvalue weighted by molar-refractivity contribution is 7.97. The van der Waals surface area contributed by atoms with Crippen molar-refractivity contribution in [3.05, 3.63) is 82.4 Å². The third-order valence-corrected chi connectivity index (χ3v) is 9.01. The van der Waals surface area contributed by atoms with Crippen LogP contribution < -0.4 is 4.90 Å². The van der Waals surface area contributed by atoms with Crippen LogP contribution in [0.25, 0.3) is 11.1 Å². The maximum absolute atomic E-state index is 13.5. The number of carbonyl (C=O) groups is 1. The second kappa shape index (κ2) is 13.8. The van der Waals surface area contributed by atoms with E-state index in [0.717, 1.165) is 76.8 Å². The molecule has 0 aliphatic carbocycles. The predicted molar refractivity (Wildman–Crippen MR) is 176 cm³/mol. The fourth-order valence-corrected chi connectivity index (χ4v) is 6.56. The minimum absolute atomic E-state index is 0.209. The smallest absolute Gasteiger partial charge is 0.340 e. The molecule has 4 rings (SSSR count). The summed E-state index contributed by atoms with van der Waals surface area (Å²) in [6.07, 6.45) is 1.22. The van der Waals surface area contributed by atoms with Crippen molar-refractivity contribution in [3.8, 4) is 11.1 Å². The second-order valence-corrected chi connectivity index (χ2v) is 14.2. The van der Waals surface area contributed by atoms with Crippen LogP contribution >= 0.6 is 11.8 Å². The Morgan fingerprint density at radius 2 is 1.53 bits per heavy atom. The van der Waals surface area contributed by atoms with Crippen molar-refractivity contribution in [3.63, 3.8) is 0 Å². The number of piperidine rings is 1. The number of anilines is 1. The first-order valence-corrected chi connectivity index (χ1v) is 16.5. The average Bonchev–Trinajstić information content (AvgIpc) is 2.93. The molecular weight excluding hydrogens is 559 g/mol. The molecule has 5 nitrogen and oxygen atoms in total. The fraction of sp³-hybridized carbons (Fsp3) is 0.500. The van der Waals surface area contributed by atoms with Crippen molar-refractivity contribution >= 4 is 23.4 Å². The molecule has 7 heteroatoms. The molecule has 3 aromatic rings. The molecule has 1 aliphatic rings. The van der Waals surface area contributed by atoms with E-state index in [2.05, 4.69) is 49.9 Å². The summed E-state index contributed by atoms with van der Waals surface area (Å²) in [5.74, 6) is 1.08. The quantitative estimate of drug-likeness (QED) is 0.215. The Morgan fingerprint density at radius 3 is 2.07 bits per heavy atom. The zero-order chi connectivity index (χ0) is 31.4. The van der Waals surface area contributed by atoms with E-state index >= 15 is 0 Å². The van der Waals surface area contributed by atoms with E-state index in [9.17, 15) is 9.18 Å². The number of benzene rings is 2. The summed E-state index contributed by atoms with van der Waals surface area (Å²) in [5.41, 5.74) is 7.68. The van der Waals surface area contributed by atoms with E-state index in [4.69, 9.17) is 14.5 Å². The summed E-state index contributed by atoms with van der Waals surface area (Å²) in [6, 6.07) is 15.4. The first kappa shape index (κ1) is 33.0. The van der Waals surface area contributed by atoms with Crippen molar-refractivity contribution in [2.24, 2.45) is 5.41 Å². The summed E-state index contributed by atoms with van der Waals surface area (Å²) >= 11 is 1.81. The number of carbonyl (C=O) groups excluding carboxylic acids is 1. The van der Waals surface area contributed by atoms with E-state index < -0.39 is 11.7 Å². The van der Waals surface area contributed by atoms with E-state index in [-0.39, 0.29) is 23.8 Å². The maximum Gasteiger partial charge on any atom is 0.340 e. The van der Waals surface area contributed by atoms with Gasteiger partial charge in [0.15, 0.2) is 6.10 Å². The van der Waals surface area contributed by atoms with Crippen LogP contribution in [0.2, 0.25) is 0 Å². The molecule has 0 unspecified atom stereocenters. The van der Waals surface area contributed by atoms with E-state index in [1.807, 2.05) is 46.8 Å². The fourth-order valence-electron chi connectivity index (χ4n) is 5.60. The molecule has 2 aromatic carbocycles. The maximum atomic E-state index is 13.5. The molecular formula is C36H47FN2O3S. The van der Waals surface area contributed by atoms with Crippen LogP contribution in [0.1, 0.15) is 88.6 Å². The van der Waals surface area contributed by atoms with Gasteiger partial charge in [0, 0.05) is 47.1 Å². The highest BCUT2D eigenvalue weighted by Crippen LogP contribution is 2.45. The molecule has 1 saturated heterocycles. The van der Waals surface area contributed by atoms with Gasteiger partial charge in [-0.3, -0.25) is 4.98 Å². The number of esters is 1. The van der Waals surface area contributed by atoms with E-state index in [1.165, 1.54) is 17.7 Å². The molecule has 1 atom stereocenters. The average molecular weight is 607 g/mol. The third-order valence-electron chi connectivity index (χ3n) is 7.94. The van der Waals surface area contributed by atoms with Crippen LogP contribution in [0.3, 0.4) is 0 Å². The molecule has 0 saturated carbocycles. The molecule has 1 aromatic heterocycles. The van der Waals surface area contributed by atoms with Gasteiger partial charge < -0.3 is 14.4 Å². The van der Waals surface area contributed by atoms with Crippen molar-refractivity contribution < 1.29 is 18.7 Å². The molecule has 0 bridgehead atoms. The number of halogens is 1. The van der Waals surface area contributed by atoms with Crippen molar-refractivity contribution in [2.75, 3.05) is 24.6 Å². The molecule has 1 aliphatic heterocycles. The number of nitrogens with zero attached hydrogens (tertiary/aromatic N) is 2. The van der Waals surface area contributed by atoms with Gasteiger partial charge in [0.05, 0.1) is 17.9 Å². The number of pyridine rings is 1. The Morgan fingerprint density at radius 1 is 0.977 bits per heavy atom. The molecule has 232 valence electrons. The Hall–Kier alpha value is -2.90. The van der Waals surface area contributed by atoms with Crippen LogP contribution in [-0.4, -0.2) is 36.3 Å². The Balaban J connectivity index is 1.74. The number of rotatable bonds is 10. The minimum Gasteiger partial charge on any atom is -0.464 e. The molecule has 2 heterocycles. The number of aryl methyl sites for hydroxylation is 2. The van der Waals surface area contributed by atoms with Gasteiger partial charge in [-0.25, -0.2) is 9.18 Å². The molecule has 0 N–H and O–H groups in total. The van der Waals surface area contributed by atoms with Crippen molar-refractivity contribution in [2.45, 2.75) is 91.4 Å². The topological polar surface area (TPSA) is 51.7 Å². The van der Waals surface area contributed by atoms with Gasteiger partial charge in [-0.05, 0) is 88.6 Å². The number of aromatic nitrogens is 1. The van der Waals surface area contributed by atoms with Crippen LogP contribution in [0.4, 0.5) is 10.1 Å². The van der Waals surface area contributed by atoms with Gasteiger partial charge in [-0.1, -0.05) is 50.2 Å². The SMILES string of the molecule is CCOC(=O)[C@@H](OC(C)(C)C)c1c(C)nc(C)c(-c2ccc(CSCc3ccc(F)cc3)cc2)c1N1CCC(C)(C)CC1. The Bertz CT molecular complexity index is 1390. The van der Waals surface area contributed by atoms with Crippen LogP contribution in [0.15, 0.2) is 48.5 Å². The normalized spacial score (nSPS) is 15.8. The zero-order valence-electron chi connectivity index (χ0n) is 27.1. The minimum atomic E-state index is -0.890. The first-order chi connectivity index (χ1) is 20.3. The molecule has 0 spiro atoms. The summed E-state index contributed by atoms with van der Waals surface area (Å²) < 4.78 is 25.3. The van der Waals surface area contributed by atoms with Gasteiger partial charge in [-0.2, -0.15) is 11.8 Å². The summed E-state index contributed by atoms with van der Waals surface area (Å²) in [5, 5.41) is 0. The number of hydrogen-bond acceptors (Lipinski definition) is 6. The lowest BCUT2D eigenvalue weighted by molar-refractivity contribution is -0.166. The zero-order valence-corrected chi connectivity index (χ0v) is 27.9. The standard InChI is InChI=1S/C36H47FN2O3S/c1-9-41-34(40)33(42-35(4,5)6)31-25(3)38-24(2)30(32(31)39-20-18-36(7,8)19-21-39)28-14-10-26(11-15-28)22-43-23-27-12-16-29(37)17-13-27/h10-17,33H,9,18-23H2,1-8H3/t33-/m0/s1. The lowest BCUT2D eigenvalue weighted by Crippen LogP contribution is -2.39. The Kier molecular flexibility index (Phi) is 10.6. The van der Waals surface area contributed by atoms with E-state index in [1.54, 1.807) is 11.8 Å². The lowest BCUT2D eigenvalue weighted by Gasteiger charge is -2.41. The van der Waals surface area contributed by atoms with Crippen LogP contribution in [0, 0.1) is 25.1 Å².